The van der Waals surface area contributed by atoms with Crippen LogP contribution in [0, 0.1) is 0 Å². The Morgan fingerprint density at radius 1 is 1.21 bits per heavy atom. The average molecular weight is 546 g/mol. The molecule has 0 amide bonds. The number of hydrogen-bond acceptors (Lipinski definition) is 11. The average Bonchev–Trinajstić information content (AvgIpc) is 3.24. The molecule has 1 saturated heterocycles. The quantitative estimate of drug-likeness (QED) is 0.297. The SMILES string of the molecule is CCOC(=O)CC(OC(=O)CCC(=O)O)C(=O)OC1=CC[C@@]2(O)[C@H]3Cc4ccc(O)c5c4[C@@]2(CCN3C)[C@H]1O5. The molecule has 12 nitrogen and oxygen atoms in total. The fraction of sp³-hybridized carbons (Fsp3) is 0.556. The van der Waals surface area contributed by atoms with Crippen molar-refractivity contribution in [1.29, 1.82) is 0 Å². The van der Waals surface area contributed by atoms with E-state index in [-0.39, 0.29) is 36.3 Å². The Kier molecular flexibility index (Phi) is 6.79. The number of aliphatic hydroxyl groups is 1. The summed E-state index contributed by atoms with van der Waals surface area (Å²) in [6.45, 7) is 2.25. The Labute approximate surface area is 224 Å². The first kappa shape index (κ1) is 26.9. The fourth-order valence-electron chi connectivity index (χ4n) is 6.59. The van der Waals surface area contributed by atoms with Crippen molar-refractivity contribution in [3.63, 3.8) is 0 Å². The summed E-state index contributed by atoms with van der Waals surface area (Å²) in [7, 11) is 1.95. The summed E-state index contributed by atoms with van der Waals surface area (Å²) in [5.74, 6) is -3.85. The number of carboxylic acid groups (broad SMARTS) is 1. The van der Waals surface area contributed by atoms with Crippen LogP contribution in [0.3, 0.4) is 0 Å². The molecule has 2 bridgehead atoms. The number of phenols is 1. The zero-order valence-electron chi connectivity index (χ0n) is 21.7. The van der Waals surface area contributed by atoms with Crippen LogP contribution in [-0.2, 0) is 45.2 Å². The predicted octanol–water partition coefficient (Wildman–Crippen LogP) is 0.943. The molecule has 39 heavy (non-hydrogen) atoms. The molecular formula is C27H31NO11. The number of rotatable bonds is 9. The number of carboxylic acids is 1. The highest BCUT2D eigenvalue weighted by atomic mass is 16.6. The van der Waals surface area contributed by atoms with E-state index in [2.05, 4.69) is 4.90 Å². The number of ether oxygens (including phenoxy) is 4. The van der Waals surface area contributed by atoms with Crippen LogP contribution in [0.15, 0.2) is 24.0 Å². The van der Waals surface area contributed by atoms with Gasteiger partial charge in [-0.25, -0.2) is 4.79 Å². The Morgan fingerprint density at radius 2 is 1.97 bits per heavy atom. The fourth-order valence-corrected chi connectivity index (χ4v) is 6.59. The van der Waals surface area contributed by atoms with Crippen molar-refractivity contribution in [3.05, 3.63) is 35.1 Å². The predicted molar refractivity (Wildman–Crippen MR) is 131 cm³/mol. The lowest BCUT2D eigenvalue weighted by Gasteiger charge is -2.61. The monoisotopic (exact) mass is 545 g/mol. The van der Waals surface area contributed by atoms with Gasteiger partial charge >= 0.3 is 23.9 Å². The molecule has 12 heteroatoms. The Balaban J connectivity index is 1.45. The van der Waals surface area contributed by atoms with Gasteiger partial charge < -0.3 is 39.2 Å². The minimum Gasteiger partial charge on any atom is -0.504 e. The van der Waals surface area contributed by atoms with Gasteiger partial charge in [0.05, 0.1) is 36.9 Å². The number of carbonyl (C=O) groups excluding carboxylic acids is 3. The van der Waals surface area contributed by atoms with Crippen LogP contribution in [0.2, 0.25) is 0 Å². The standard InChI is InChI=1S/C27H31NO11/c1-3-36-21(33)13-17(37-20(32)7-6-19(30)31)25(34)38-16-8-9-27(35)18-12-14-4-5-15(29)23-22(14)26(27,24(16)39-23)10-11-28(18)2/h4-5,8,17-18,24,29,35H,3,6-7,9-13H2,1-2H3,(H,30,31)/t17?,18-,24+,26+,27-/m1/s1. The van der Waals surface area contributed by atoms with E-state index >= 15 is 0 Å². The summed E-state index contributed by atoms with van der Waals surface area (Å²) in [6, 6.07) is 3.13. The number of hydrogen-bond donors (Lipinski definition) is 3. The lowest BCUT2D eigenvalue weighted by molar-refractivity contribution is -0.178. The zero-order valence-corrected chi connectivity index (χ0v) is 21.7. The third kappa shape index (κ3) is 4.22. The van der Waals surface area contributed by atoms with Gasteiger partial charge in [-0.2, -0.15) is 0 Å². The molecule has 1 unspecified atom stereocenters. The molecule has 5 rings (SSSR count). The van der Waals surface area contributed by atoms with E-state index in [1.165, 1.54) is 0 Å². The van der Waals surface area contributed by atoms with E-state index in [1.807, 2.05) is 13.1 Å². The Hall–Kier alpha value is -3.64. The molecule has 5 atom stereocenters. The molecule has 4 aliphatic rings. The van der Waals surface area contributed by atoms with Crippen LogP contribution in [0.25, 0.3) is 0 Å². The number of phenolic OH excluding ortho intramolecular Hbond substituents is 1. The van der Waals surface area contributed by atoms with Crippen molar-refractivity contribution in [3.8, 4) is 11.5 Å². The second-order valence-electron chi connectivity index (χ2n) is 10.4. The summed E-state index contributed by atoms with van der Waals surface area (Å²) in [4.78, 5) is 50.6. The van der Waals surface area contributed by atoms with E-state index in [0.29, 0.717) is 24.9 Å². The topological polar surface area (TPSA) is 169 Å². The summed E-state index contributed by atoms with van der Waals surface area (Å²) in [5, 5.41) is 31.6. The van der Waals surface area contributed by atoms with Crippen LogP contribution in [0.4, 0.5) is 0 Å². The maximum Gasteiger partial charge on any atom is 0.353 e. The van der Waals surface area contributed by atoms with Crippen LogP contribution in [0.5, 0.6) is 11.5 Å². The van der Waals surface area contributed by atoms with Gasteiger partial charge in [-0.1, -0.05) is 6.07 Å². The van der Waals surface area contributed by atoms with Crippen molar-refractivity contribution in [1.82, 2.24) is 4.90 Å². The molecule has 1 fully saturated rings. The first-order chi connectivity index (χ1) is 18.5. The summed E-state index contributed by atoms with van der Waals surface area (Å²) >= 11 is 0. The van der Waals surface area contributed by atoms with E-state index in [4.69, 9.17) is 24.1 Å². The molecule has 0 aromatic heterocycles. The third-order valence-electron chi connectivity index (χ3n) is 8.31. The van der Waals surface area contributed by atoms with Gasteiger partial charge in [-0.05, 0) is 51.1 Å². The number of carbonyl (C=O) groups is 4. The minimum atomic E-state index is -1.69. The van der Waals surface area contributed by atoms with E-state index < -0.39 is 66.4 Å². The van der Waals surface area contributed by atoms with E-state index in [9.17, 15) is 29.4 Å². The lowest BCUT2D eigenvalue weighted by Crippen LogP contribution is -2.74. The number of benzene rings is 1. The van der Waals surface area contributed by atoms with Crippen LogP contribution in [-0.4, -0.2) is 88.1 Å². The van der Waals surface area contributed by atoms with Crippen molar-refractivity contribution in [2.45, 2.75) is 74.7 Å². The van der Waals surface area contributed by atoms with Gasteiger partial charge in [-0.15, -0.1) is 0 Å². The molecule has 210 valence electrons. The molecule has 0 saturated carbocycles. The molecule has 1 aromatic rings. The van der Waals surface area contributed by atoms with Gasteiger partial charge in [0.2, 0.25) is 6.10 Å². The van der Waals surface area contributed by atoms with Gasteiger partial charge in [0.1, 0.15) is 5.76 Å². The van der Waals surface area contributed by atoms with Crippen molar-refractivity contribution < 1.29 is 53.4 Å². The maximum absolute atomic E-state index is 13.3. The smallest absolute Gasteiger partial charge is 0.353 e. The highest BCUT2D eigenvalue weighted by Crippen LogP contribution is 2.65. The number of likely N-dealkylation sites (tertiary alicyclic amines) is 1. The largest absolute Gasteiger partial charge is 0.504 e. The first-order valence-corrected chi connectivity index (χ1v) is 12.9. The molecule has 1 spiro atoms. The third-order valence-corrected chi connectivity index (χ3v) is 8.31. The summed E-state index contributed by atoms with van der Waals surface area (Å²) in [6.07, 6.45) is -1.55. The normalized spacial score (nSPS) is 28.8. The molecule has 1 aromatic carbocycles. The Bertz CT molecular complexity index is 1260. The van der Waals surface area contributed by atoms with E-state index in [0.717, 1.165) is 5.56 Å². The van der Waals surface area contributed by atoms with Gasteiger partial charge in [0, 0.05) is 18.0 Å². The number of aliphatic carboxylic acids is 1. The minimum absolute atomic E-state index is 0.0371. The van der Waals surface area contributed by atoms with Crippen molar-refractivity contribution in [2.24, 2.45) is 0 Å². The number of esters is 3. The first-order valence-electron chi connectivity index (χ1n) is 12.9. The number of nitrogens with zero attached hydrogens (tertiary/aromatic N) is 1. The van der Waals surface area contributed by atoms with Gasteiger partial charge in [-0.3, -0.25) is 14.4 Å². The Morgan fingerprint density at radius 3 is 2.69 bits per heavy atom. The molecule has 3 N–H and O–H groups in total. The number of piperidine rings is 1. The highest BCUT2D eigenvalue weighted by Gasteiger charge is 2.72. The molecular weight excluding hydrogens is 514 g/mol. The maximum atomic E-state index is 13.3. The second-order valence-corrected chi connectivity index (χ2v) is 10.4. The van der Waals surface area contributed by atoms with Crippen LogP contribution in [0.1, 0.15) is 50.2 Å². The number of aromatic hydroxyl groups is 1. The summed E-state index contributed by atoms with van der Waals surface area (Å²) < 4.78 is 22.0. The second kappa shape index (κ2) is 9.83. The van der Waals surface area contributed by atoms with Crippen LogP contribution < -0.4 is 4.74 Å². The molecule has 0 radical (unpaired) electrons. The molecule has 2 aliphatic heterocycles. The van der Waals surface area contributed by atoms with Gasteiger partial charge in [0.15, 0.2) is 17.6 Å². The molecule has 2 heterocycles. The van der Waals surface area contributed by atoms with Crippen molar-refractivity contribution >= 4 is 23.9 Å². The van der Waals surface area contributed by atoms with Crippen molar-refractivity contribution in [2.75, 3.05) is 20.2 Å². The zero-order chi connectivity index (χ0) is 28.1. The van der Waals surface area contributed by atoms with Gasteiger partial charge in [0.25, 0.3) is 0 Å². The number of likely N-dealkylation sites (N-methyl/N-ethyl adjacent to an activating group) is 1. The highest BCUT2D eigenvalue weighted by molar-refractivity contribution is 5.86. The lowest BCUT2D eigenvalue weighted by atomic mass is 9.50. The van der Waals surface area contributed by atoms with E-state index in [1.54, 1.807) is 19.1 Å². The van der Waals surface area contributed by atoms with Crippen LogP contribution >= 0.6 is 0 Å². The summed E-state index contributed by atoms with van der Waals surface area (Å²) in [5.41, 5.74) is -0.610. The molecule has 2 aliphatic carbocycles.